The summed E-state index contributed by atoms with van der Waals surface area (Å²) in [6.07, 6.45) is -0.824. The van der Waals surface area contributed by atoms with Crippen LogP contribution in [0.25, 0.3) is 0 Å². The summed E-state index contributed by atoms with van der Waals surface area (Å²) in [7, 11) is 0. The van der Waals surface area contributed by atoms with Crippen molar-refractivity contribution >= 4 is 11.8 Å². The van der Waals surface area contributed by atoms with Crippen molar-refractivity contribution in [2.24, 2.45) is 0 Å². The summed E-state index contributed by atoms with van der Waals surface area (Å²) in [6.45, 7) is 1.05. The number of carbonyl (C=O) groups is 2. The molecule has 0 spiro atoms. The number of rotatable bonds is 7. The normalized spacial score (nSPS) is 11.2. The lowest BCUT2D eigenvalue weighted by Gasteiger charge is -2.13. The Kier molecular flexibility index (Phi) is 5.90. The van der Waals surface area contributed by atoms with Crippen molar-refractivity contribution in [2.45, 2.75) is 26.2 Å². The van der Waals surface area contributed by atoms with Gasteiger partial charge in [0.05, 0.1) is 12.2 Å². The predicted octanol–water partition coefficient (Wildman–Crippen LogP) is 3.13. The molecule has 0 amide bonds. The maximum Gasteiger partial charge on any atom is 0.313 e. The molecule has 0 unspecified atom stereocenters. The van der Waals surface area contributed by atoms with Gasteiger partial charge in [0.15, 0.2) is 12.4 Å². The van der Waals surface area contributed by atoms with Gasteiger partial charge in [-0.1, -0.05) is 0 Å². The highest BCUT2D eigenvalue weighted by Gasteiger charge is 2.25. The first-order valence-electron chi connectivity index (χ1n) is 6.32. The van der Waals surface area contributed by atoms with Crippen LogP contribution in [0.2, 0.25) is 0 Å². The van der Waals surface area contributed by atoms with Crippen molar-refractivity contribution in [1.82, 2.24) is 0 Å². The second kappa shape index (κ2) is 7.24. The Hall–Kier alpha value is -2.12. The molecule has 1 rings (SSSR count). The monoisotopic (exact) mass is 322 g/mol. The molecule has 8 heteroatoms. The Labute approximate surface area is 124 Å². The van der Waals surface area contributed by atoms with E-state index >= 15 is 0 Å². The van der Waals surface area contributed by atoms with Crippen molar-refractivity contribution in [1.29, 1.82) is 0 Å². The predicted molar refractivity (Wildman–Crippen MR) is 68.1 cm³/mol. The Morgan fingerprint density at radius 2 is 1.73 bits per heavy atom. The topological polar surface area (TPSA) is 52.6 Å². The fourth-order valence-corrected chi connectivity index (χ4v) is 1.54. The molecule has 0 aliphatic carbocycles. The number of hydrogen-bond donors (Lipinski definition) is 0. The third-order valence-corrected chi connectivity index (χ3v) is 2.40. The Morgan fingerprint density at radius 1 is 1.18 bits per heavy atom. The van der Waals surface area contributed by atoms with E-state index < -0.39 is 53.7 Å². The van der Waals surface area contributed by atoms with Crippen LogP contribution in [0.1, 0.15) is 30.6 Å². The quantitative estimate of drug-likeness (QED) is 0.335. The fraction of sp³-hybridized carbons (Fsp3) is 0.429. The Morgan fingerprint density at radius 3 is 2.18 bits per heavy atom. The molecule has 0 atom stereocenters. The van der Waals surface area contributed by atoms with Gasteiger partial charge in [-0.05, 0) is 6.92 Å². The van der Waals surface area contributed by atoms with Crippen LogP contribution < -0.4 is 4.74 Å². The van der Waals surface area contributed by atoms with E-state index in [1.54, 1.807) is 0 Å². The zero-order valence-corrected chi connectivity index (χ0v) is 11.9. The number of Topliss-reactive ketones (excluding diaryl/α,β-unsaturated/α-hetero) is 1. The molecule has 0 fully saturated rings. The van der Waals surface area contributed by atoms with Gasteiger partial charge in [0.1, 0.15) is 23.8 Å². The van der Waals surface area contributed by atoms with Gasteiger partial charge < -0.3 is 9.47 Å². The summed E-state index contributed by atoms with van der Waals surface area (Å²) >= 11 is 0. The van der Waals surface area contributed by atoms with Crippen molar-refractivity contribution in [3.63, 3.8) is 0 Å². The van der Waals surface area contributed by atoms with Crippen molar-refractivity contribution in [3.05, 3.63) is 29.3 Å². The number of hydrogen-bond acceptors (Lipinski definition) is 4. The molecule has 0 aliphatic rings. The van der Waals surface area contributed by atoms with Gasteiger partial charge in [0.25, 0.3) is 5.92 Å². The number of ether oxygens (including phenoxy) is 2. The first kappa shape index (κ1) is 17.9. The highest BCUT2D eigenvalue weighted by atomic mass is 19.3. The van der Waals surface area contributed by atoms with Crippen LogP contribution in [0, 0.1) is 11.6 Å². The fourth-order valence-electron chi connectivity index (χ4n) is 1.54. The number of benzene rings is 1. The van der Waals surface area contributed by atoms with Crippen LogP contribution >= 0.6 is 0 Å². The number of esters is 1. The van der Waals surface area contributed by atoms with Crippen LogP contribution in [-0.2, 0) is 9.53 Å². The van der Waals surface area contributed by atoms with E-state index in [1.807, 2.05) is 0 Å². The van der Waals surface area contributed by atoms with Crippen LogP contribution in [0.4, 0.5) is 17.6 Å². The number of alkyl halides is 2. The van der Waals surface area contributed by atoms with Gasteiger partial charge in [0, 0.05) is 19.1 Å². The van der Waals surface area contributed by atoms with Gasteiger partial charge in [-0.25, -0.2) is 17.6 Å². The maximum absolute atomic E-state index is 13.7. The number of halogens is 4. The third-order valence-electron chi connectivity index (χ3n) is 2.40. The first-order chi connectivity index (χ1) is 10.1. The molecule has 0 aromatic heterocycles. The van der Waals surface area contributed by atoms with Gasteiger partial charge in [-0.15, -0.1) is 0 Å². The summed E-state index contributed by atoms with van der Waals surface area (Å²) in [6, 6.07) is 1.21. The van der Waals surface area contributed by atoms with Crippen molar-refractivity contribution < 1.29 is 36.6 Å². The van der Waals surface area contributed by atoms with Gasteiger partial charge in [0.2, 0.25) is 0 Å². The van der Waals surface area contributed by atoms with E-state index in [4.69, 9.17) is 0 Å². The van der Waals surface area contributed by atoms with E-state index in [1.165, 1.54) is 6.92 Å². The molecule has 0 heterocycles. The minimum Gasteiger partial charge on any atom is -0.487 e. The molecule has 1 aromatic carbocycles. The lowest BCUT2D eigenvalue weighted by molar-refractivity contribution is -0.141. The molecule has 4 nitrogen and oxygen atoms in total. The molecule has 0 bridgehead atoms. The number of carbonyl (C=O) groups excluding carboxylic acids is 2. The van der Waals surface area contributed by atoms with E-state index in [-0.39, 0.29) is 6.61 Å². The summed E-state index contributed by atoms with van der Waals surface area (Å²) in [4.78, 5) is 22.8. The Balaban J connectivity index is 2.90. The third kappa shape index (κ3) is 5.34. The van der Waals surface area contributed by atoms with Gasteiger partial charge in [-0.3, -0.25) is 9.59 Å². The average Bonchev–Trinajstić information content (AvgIpc) is 2.34. The molecule has 122 valence electrons. The van der Waals surface area contributed by atoms with Crippen molar-refractivity contribution in [2.75, 3.05) is 13.2 Å². The van der Waals surface area contributed by atoms with Gasteiger partial charge in [-0.2, -0.15) is 0 Å². The second-order valence-electron chi connectivity index (χ2n) is 4.53. The molecule has 0 N–H and O–H groups in total. The zero-order chi connectivity index (χ0) is 16.9. The highest BCUT2D eigenvalue weighted by molar-refractivity contribution is 6.06. The lowest BCUT2D eigenvalue weighted by Crippen LogP contribution is -2.21. The van der Waals surface area contributed by atoms with Crippen LogP contribution in [0.5, 0.6) is 5.75 Å². The summed E-state index contributed by atoms with van der Waals surface area (Å²) in [5.41, 5.74) is -0.941. The maximum atomic E-state index is 13.7. The molecular formula is C14H14F4O4. The number of ketones is 1. The minimum atomic E-state index is -3.18. The standard InChI is InChI=1S/C14H14F4O4/c1-3-21-12(20)6-11(19)13-9(15)4-8(5-10(13)16)22-7-14(2,17)18/h4-5H,3,6-7H2,1-2H3. The molecule has 22 heavy (non-hydrogen) atoms. The van der Waals surface area contributed by atoms with Crippen LogP contribution in [0.3, 0.4) is 0 Å². The summed E-state index contributed by atoms with van der Waals surface area (Å²) in [5.74, 6) is -8.29. The Bertz CT molecular complexity index is 543. The van der Waals surface area contributed by atoms with Crippen LogP contribution in [-0.4, -0.2) is 30.9 Å². The van der Waals surface area contributed by atoms with Gasteiger partial charge >= 0.3 is 5.97 Å². The minimum absolute atomic E-state index is 0.0229. The molecule has 0 saturated heterocycles. The summed E-state index contributed by atoms with van der Waals surface area (Å²) in [5, 5.41) is 0. The second-order valence-corrected chi connectivity index (χ2v) is 4.53. The van der Waals surface area contributed by atoms with Crippen molar-refractivity contribution in [3.8, 4) is 5.75 Å². The first-order valence-corrected chi connectivity index (χ1v) is 6.32. The molecule has 1 aromatic rings. The summed E-state index contributed by atoms with van der Waals surface area (Å²) < 4.78 is 61.8. The SMILES string of the molecule is CCOC(=O)CC(=O)c1c(F)cc(OCC(C)(F)F)cc1F. The van der Waals surface area contributed by atoms with E-state index in [0.29, 0.717) is 19.1 Å². The van der Waals surface area contributed by atoms with Crippen LogP contribution in [0.15, 0.2) is 12.1 Å². The highest BCUT2D eigenvalue weighted by Crippen LogP contribution is 2.23. The molecule has 0 aliphatic heterocycles. The molecule has 0 radical (unpaired) electrons. The van der Waals surface area contributed by atoms with E-state index in [0.717, 1.165) is 0 Å². The lowest BCUT2D eigenvalue weighted by atomic mass is 10.1. The zero-order valence-electron chi connectivity index (χ0n) is 11.9. The molecular weight excluding hydrogens is 308 g/mol. The van der Waals surface area contributed by atoms with E-state index in [9.17, 15) is 27.2 Å². The largest absolute Gasteiger partial charge is 0.487 e. The molecule has 0 saturated carbocycles. The average molecular weight is 322 g/mol. The smallest absolute Gasteiger partial charge is 0.313 e. The van der Waals surface area contributed by atoms with E-state index in [2.05, 4.69) is 9.47 Å².